The van der Waals surface area contributed by atoms with E-state index in [4.69, 9.17) is 13.9 Å². The first kappa shape index (κ1) is 30.4. The Morgan fingerprint density at radius 3 is 2.38 bits per heavy atom. The van der Waals surface area contributed by atoms with E-state index in [1.165, 1.54) is 12.3 Å². The molecule has 40 heavy (non-hydrogen) atoms. The zero-order chi connectivity index (χ0) is 29.1. The quantitative estimate of drug-likeness (QED) is 0.332. The second-order valence-corrected chi connectivity index (χ2v) is 10.0. The van der Waals surface area contributed by atoms with Crippen molar-refractivity contribution in [3.05, 3.63) is 54.1 Å². The number of hydrogen-bond acceptors (Lipinski definition) is 10. The number of hydrogen-bond donors (Lipinski definition) is 2. The second kappa shape index (κ2) is 14.3. The zero-order valence-electron chi connectivity index (χ0n) is 22.8. The van der Waals surface area contributed by atoms with Crippen LogP contribution in [0, 0.1) is 17.6 Å². The van der Waals surface area contributed by atoms with Crippen LogP contribution in [-0.4, -0.2) is 53.0 Å². The number of ether oxygens (including phenoxy) is 3. The van der Waals surface area contributed by atoms with E-state index in [2.05, 4.69) is 30.6 Å². The van der Waals surface area contributed by atoms with Crippen molar-refractivity contribution in [3.8, 4) is 5.88 Å². The fraction of sp³-hybridized carbons (Fsp3) is 0.444. The zero-order valence-corrected chi connectivity index (χ0v) is 22.8. The number of amides is 1. The molecule has 0 radical (unpaired) electrons. The summed E-state index contributed by atoms with van der Waals surface area (Å²) >= 11 is 0. The van der Waals surface area contributed by atoms with Crippen LogP contribution in [0.3, 0.4) is 0 Å². The molecule has 11 nitrogen and oxygen atoms in total. The average molecular weight is 562 g/mol. The molecule has 1 aliphatic carbocycles. The molecule has 0 spiro atoms. The van der Waals surface area contributed by atoms with Gasteiger partial charge in [0.25, 0.3) is 6.47 Å². The van der Waals surface area contributed by atoms with Crippen LogP contribution in [0.25, 0.3) is 0 Å². The minimum absolute atomic E-state index is 0.116. The molecule has 216 valence electrons. The lowest BCUT2D eigenvalue weighted by Crippen LogP contribution is -2.26. The first-order valence-electron chi connectivity index (χ1n) is 12.7. The molecule has 3 aromatic rings. The second-order valence-electron chi connectivity index (χ2n) is 10.0. The maximum absolute atomic E-state index is 13.3. The van der Waals surface area contributed by atoms with Crippen LogP contribution in [0.5, 0.6) is 5.88 Å². The molecule has 0 aliphatic heterocycles. The molecule has 4 rings (SSSR count). The molecule has 2 N–H and O–H groups in total. The van der Waals surface area contributed by atoms with Gasteiger partial charge in [0, 0.05) is 31.5 Å². The lowest BCUT2D eigenvalue weighted by atomic mass is 9.88. The Bertz CT molecular complexity index is 1240. The number of anilines is 3. The van der Waals surface area contributed by atoms with Crippen LogP contribution < -0.4 is 15.4 Å². The van der Waals surface area contributed by atoms with Gasteiger partial charge >= 0.3 is 17.8 Å². The first-order chi connectivity index (χ1) is 19.1. The van der Waals surface area contributed by atoms with E-state index in [0.717, 1.165) is 44.4 Å². The van der Waals surface area contributed by atoms with Gasteiger partial charge in [-0.15, -0.1) is 5.10 Å². The van der Waals surface area contributed by atoms with Crippen molar-refractivity contribution in [2.75, 3.05) is 24.4 Å². The van der Waals surface area contributed by atoms with Gasteiger partial charge in [0.1, 0.15) is 11.7 Å². The van der Waals surface area contributed by atoms with E-state index < -0.39 is 17.5 Å². The number of carbonyl (C=O) groups excluding carboxylic acids is 2. The summed E-state index contributed by atoms with van der Waals surface area (Å²) in [7, 11) is 1.72. The Morgan fingerprint density at radius 1 is 1.07 bits per heavy atom. The third kappa shape index (κ3) is 9.88. The van der Waals surface area contributed by atoms with Gasteiger partial charge in [0.15, 0.2) is 11.6 Å². The molecule has 1 amide bonds. The minimum atomic E-state index is -1.03. The largest absolute Gasteiger partial charge is 0.474 e. The molecule has 1 fully saturated rings. The predicted octanol–water partition coefficient (Wildman–Crippen LogP) is 5.28. The highest BCUT2D eigenvalue weighted by atomic mass is 19.2. The van der Waals surface area contributed by atoms with E-state index in [0.29, 0.717) is 24.0 Å². The molecule has 0 saturated heterocycles. The Kier molecular flexibility index (Phi) is 10.9. The molecular formula is C27H33F2N5O6. The summed E-state index contributed by atoms with van der Waals surface area (Å²) in [4.78, 5) is 26.2. The van der Waals surface area contributed by atoms with Gasteiger partial charge < -0.3 is 29.3 Å². The smallest absolute Gasteiger partial charge is 0.320 e. The van der Waals surface area contributed by atoms with Crippen LogP contribution in [-0.2, 0) is 14.3 Å². The molecule has 0 atom stereocenters. The van der Waals surface area contributed by atoms with Crippen LogP contribution in [0.15, 0.2) is 40.9 Å². The highest BCUT2D eigenvalue weighted by molar-refractivity contribution is 6.00. The van der Waals surface area contributed by atoms with Crippen LogP contribution in [0.2, 0.25) is 0 Å². The van der Waals surface area contributed by atoms with Gasteiger partial charge in [-0.05, 0) is 70.6 Å². The Morgan fingerprint density at radius 2 is 1.80 bits per heavy atom. The van der Waals surface area contributed by atoms with Crippen molar-refractivity contribution < 1.29 is 37.0 Å². The van der Waals surface area contributed by atoms with Gasteiger partial charge in [-0.3, -0.25) is 9.59 Å². The monoisotopic (exact) mass is 561 g/mol. The van der Waals surface area contributed by atoms with Crippen molar-refractivity contribution in [2.24, 2.45) is 5.92 Å². The normalized spacial score (nSPS) is 16.8. The van der Waals surface area contributed by atoms with E-state index in [1.54, 1.807) is 19.2 Å². The lowest BCUT2D eigenvalue weighted by molar-refractivity contribution is -0.138. The van der Waals surface area contributed by atoms with Gasteiger partial charge in [0.05, 0.1) is 11.9 Å². The Hall–Kier alpha value is -4.13. The van der Waals surface area contributed by atoms with Crippen LogP contribution in [0.1, 0.15) is 57.1 Å². The van der Waals surface area contributed by atoms with Crippen LogP contribution in [0.4, 0.5) is 26.2 Å². The van der Waals surface area contributed by atoms with Gasteiger partial charge in [-0.2, -0.15) is 0 Å². The molecule has 1 aliphatic rings. The highest BCUT2D eigenvalue weighted by Crippen LogP contribution is 2.27. The third-order valence-electron chi connectivity index (χ3n) is 5.67. The summed E-state index contributed by atoms with van der Waals surface area (Å²) in [5, 5.41) is 12.5. The van der Waals surface area contributed by atoms with E-state index in [1.807, 2.05) is 20.8 Å². The topological polar surface area (TPSA) is 138 Å². The van der Waals surface area contributed by atoms with Gasteiger partial charge in [-0.25, -0.2) is 13.8 Å². The summed E-state index contributed by atoms with van der Waals surface area (Å²) in [6.45, 7) is 6.70. The van der Waals surface area contributed by atoms with Gasteiger partial charge in [0.2, 0.25) is 5.88 Å². The molecule has 13 heteroatoms. The first-order valence-corrected chi connectivity index (χ1v) is 12.7. The fourth-order valence-corrected chi connectivity index (χ4v) is 3.74. The third-order valence-corrected chi connectivity index (χ3v) is 5.67. The molecule has 1 saturated carbocycles. The molecule has 0 bridgehead atoms. The maximum atomic E-state index is 13.3. The number of carbonyl (C=O) groups is 2. The van der Waals surface area contributed by atoms with Crippen molar-refractivity contribution in [1.82, 2.24) is 15.2 Å². The molecular weight excluding hydrogens is 528 g/mol. The van der Waals surface area contributed by atoms with Crippen molar-refractivity contribution in [2.45, 2.75) is 58.2 Å². The summed E-state index contributed by atoms with van der Waals surface area (Å²) in [6, 6.07) is 6.37. The Labute approximate surface area is 230 Å². The number of rotatable bonds is 9. The number of nitrogens with zero attached hydrogens (tertiary/aromatic N) is 3. The number of benzene rings is 1. The van der Waals surface area contributed by atoms with E-state index >= 15 is 0 Å². The molecule has 2 aromatic heterocycles. The molecule has 1 aromatic carbocycles. The summed E-state index contributed by atoms with van der Waals surface area (Å²) in [6.07, 6.45) is 5.61. The van der Waals surface area contributed by atoms with Crippen molar-refractivity contribution in [3.63, 3.8) is 0 Å². The summed E-state index contributed by atoms with van der Waals surface area (Å²) in [5.74, 6) is -1.90. The fourth-order valence-electron chi connectivity index (χ4n) is 3.74. The Balaban J connectivity index is 0.000000559. The predicted molar refractivity (Wildman–Crippen MR) is 141 cm³/mol. The van der Waals surface area contributed by atoms with E-state index in [9.17, 15) is 18.4 Å². The SMILES string of the molecule is CC(C)(C)OC=O.COCC1CCC(Oc2ccc(NC(=O)c3nnc(Nc4ccc(F)c(F)c4)o3)cn2)CC1. The number of halogens is 2. The number of pyridine rings is 1. The molecule has 0 unspecified atom stereocenters. The van der Waals surface area contributed by atoms with Crippen molar-refractivity contribution in [1.29, 1.82) is 0 Å². The average Bonchev–Trinajstić information content (AvgIpc) is 3.37. The lowest BCUT2D eigenvalue weighted by Gasteiger charge is -2.28. The van der Waals surface area contributed by atoms with Crippen molar-refractivity contribution >= 4 is 29.8 Å². The summed E-state index contributed by atoms with van der Waals surface area (Å²) in [5.41, 5.74) is 0.294. The highest BCUT2D eigenvalue weighted by Gasteiger charge is 2.23. The maximum Gasteiger partial charge on any atom is 0.320 e. The number of methoxy groups -OCH3 is 1. The van der Waals surface area contributed by atoms with E-state index in [-0.39, 0.29) is 29.3 Å². The minimum Gasteiger partial charge on any atom is -0.474 e. The number of aromatic nitrogens is 3. The number of nitrogens with one attached hydrogen (secondary N) is 2. The summed E-state index contributed by atoms with van der Waals surface area (Å²) < 4.78 is 47.2. The molecule has 2 heterocycles. The standard InChI is InChI=1S/C22H23F2N5O4.C5H10O2/c1-31-12-13-2-6-16(7-3-13)32-19-9-5-15(11-25-19)26-20(30)21-28-29-22(33-21)27-14-4-8-17(23)18(24)10-14;1-5(2,3)7-4-6/h4-5,8-11,13,16H,2-3,6-7,12H2,1H3,(H,26,30)(H,27,29);4H,1-3H3. The van der Waals surface area contributed by atoms with Gasteiger partial charge in [-0.1, -0.05) is 5.10 Å². The van der Waals surface area contributed by atoms with Crippen LogP contribution >= 0.6 is 0 Å².